The van der Waals surface area contributed by atoms with Crippen molar-refractivity contribution >= 4 is 11.7 Å². The number of carbonyl (C=O) groups is 1. The molecule has 1 aliphatic heterocycles. The molecule has 0 radical (unpaired) electrons. The zero-order valence-corrected chi connectivity index (χ0v) is 13.5. The molecule has 1 N–H and O–H groups in total. The monoisotopic (exact) mass is 320 g/mol. The van der Waals surface area contributed by atoms with E-state index < -0.39 is 0 Å². The lowest BCUT2D eigenvalue weighted by Crippen LogP contribution is -2.39. The molecule has 4 rings (SSSR count). The van der Waals surface area contributed by atoms with E-state index in [0.717, 1.165) is 30.6 Å². The van der Waals surface area contributed by atoms with Gasteiger partial charge in [-0.3, -0.25) is 0 Å². The summed E-state index contributed by atoms with van der Waals surface area (Å²) in [5.41, 5.74) is 4.56. The van der Waals surface area contributed by atoms with Gasteiger partial charge in [-0.1, -0.05) is 24.3 Å². The van der Waals surface area contributed by atoms with Crippen molar-refractivity contribution in [1.82, 2.24) is 19.6 Å². The first-order chi connectivity index (χ1) is 11.8. The summed E-state index contributed by atoms with van der Waals surface area (Å²) in [5, 5.41) is 3.03. The Morgan fingerprint density at radius 2 is 2.04 bits per heavy atom. The predicted octanol–water partition coefficient (Wildman–Crippen LogP) is 2.99. The molecule has 0 saturated carbocycles. The third-order valence-electron chi connectivity index (χ3n) is 4.55. The highest BCUT2D eigenvalue weighted by atomic mass is 16.2. The molecule has 3 aromatic rings. The second-order valence-corrected chi connectivity index (χ2v) is 6.18. The average Bonchev–Trinajstić information content (AvgIpc) is 2.96. The van der Waals surface area contributed by atoms with Gasteiger partial charge in [0.1, 0.15) is 5.65 Å². The molecular formula is C19H20N4O. The van der Waals surface area contributed by atoms with Gasteiger partial charge in [0.05, 0.1) is 0 Å². The summed E-state index contributed by atoms with van der Waals surface area (Å²) >= 11 is 0. The van der Waals surface area contributed by atoms with E-state index in [1.807, 2.05) is 39.9 Å². The third-order valence-corrected chi connectivity index (χ3v) is 4.55. The Bertz CT molecular complexity index is 870. The van der Waals surface area contributed by atoms with Crippen LogP contribution in [0.4, 0.5) is 4.79 Å². The van der Waals surface area contributed by atoms with Crippen molar-refractivity contribution in [3.05, 3.63) is 71.7 Å². The van der Waals surface area contributed by atoms with Crippen LogP contribution in [0.15, 0.2) is 55.0 Å². The second kappa shape index (κ2) is 6.35. The normalized spacial score (nSPS) is 14.2. The number of hydrogen-bond donors (Lipinski definition) is 1. The van der Waals surface area contributed by atoms with E-state index >= 15 is 0 Å². The summed E-state index contributed by atoms with van der Waals surface area (Å²) in [6, 6.07) is 12.4. The Morgan fingerprint density at radius 1 is 1.17 bits per heavy atom. The molecular weight excluding hydrogens is 300 g/mol. The lowest BCUT2D eigenvalue weighted by Gasteiger charge is -2.21. The minimum atomic E-state index is -0.00471. The van der Waals surface area contributed by atoms with E-state index in [1.165, 1.54) is 11.1 Å². The van der Waals surface area contributed by atoms with Gasteiger partial charge in [0, 0.05) is 38.2 Å². The van der Waals surface area contributed by atoms with Gasteiger partial charge in [-0.25, -0.2) is 9.78 Å². The standard InChI is InChI=1S/C19H20N4O/c24-19(21-13-15-7-10-22-11-8-20-18(22)12-15)23-9-3-6-16-4-1-2-5-17(16)14-23/h1-2,4-5,7-8,10-12H,3,6,9,13-14H2,(H,21,24). The van der Waals surface area contributed by atoms with Gasteiger partial charge in [-0.2, -0.15) is 0 Å². The number of pyridine rings is 1. The Labute approximate surface area is 140 Å². The first-order valence-corrected chi connectivity index (χ1v) is 8.31. The van der Waals surface area contributed by atoms with Gasteiger partial charge in [0.25, 0.3) is 0 Å². The number of benzene rings is 1. The molecule has 0 bridgehead atoms. The number of nitrogens with one attached hydrogen (secondary N) is 1. The van der Waals surface area contributed by atoms with Crippen LogP contribution in [0.1, 0.15) is 23.1 Å². The van der Waals surface area contributed by atoms with Crippen molar-refractivity contribution in [1.29, 1.82) is 0 Å². The number of urea groups is 1. The van der Waals surface area contributed by atoms with Crippen LogP contribution in [-0.2, 0) is 19.5 Å². The Balaban J connectivity index is 1.42. The number of carbonyl (C=O) groups excluding carboxylic acids is 1. The van der Waals surface area contributed by atoms with Crippen LogP contribution in [0, 0.1) is 0 Å². The number of rotatable bonds is 2. The number of aryl methyl sites for hydroxylation is 1. The van der Waals surface area contributed by atoms with Crippen LogP contribution in [0.3, 0.4) is 0 Å². The predicted molar refractivity (Wildman–Crippen MR) is 92.6 cm³/mol. The summed E-state index contributed by atoms with van der Waals surface area (Å²) in [6.45, 7) is 1.99. The SMILES string of the molecule is O=C(NCc1ccn2ccnc2c1)N1CCCc2ccccc2C1. The maximum Gasteiger partial charge on any atom is 0.317 e. The Kier molecular flexibility index (Phi) is 3.91. The summed E-state index contributed by atoms with van der Waals surface area (Å²) in [5.74, 6) is 0. The highest BCUT2D eigenvalue weighted by Crippen LogP contribution is 2.18. The zero-order chi connectivity index (χ0) is 16.4. The summed E-state index contributed by atoms with van der Waals surface area (Å²) in [7, 11) is 0. The minimum Gasteiger partial charge on any atom is -0.334 e. The van der Waals surface area contributed by atoms with Crippen LogP contribution in [-0.4, -0.2) is 26.9 Å². The molecule has 1 aromatic carbocycles. The van der Waals surface area contributed by atoms with Crippen molar-refractivity contribution in [2.45, 2.75) is 25.9 Å². The molecule has 3 heterocycles. The molecule has 1 aliphatic rings. The van der Waals surface area contributed by atoms with Gasteiger partial charge >= 0.3 is 6.03 Å². The number of imidazole rings is 1. The molecule has 0 fully saturated rings. The highest BCUT2D eigenvalue weighted by Gasteiger charge is 2.18. The molecule has 5 nitrogen and oxygen atoms in total. The van der Waals surface area contributed by atoms with E-state index in [0.29, 0.717) is 13.1 Å². The van der Waals surface area contributed by atoms with Crippen LogP contribution < -0.4 is 5.32 Å². The molecule has 0 unspecified atom stereocenters. The van der Waals surface area contributed by atoms with Gasteiger partial charge in [-0.05, 0) is 41.7 Å². The fraction of sp³-hybridized carbons (Fsp3) is 0.263. The van der Waals surface area contributed by atoms with Crippen LogP contribution in [0.25, 0.3) is 5.65 Å². The molecule has 122 valence electrons. The van der Waals surface area contributed by atoms with E-state index in [1.54, 1.807) is 6.20 Å². The molecule has 0 spiro atoms. The summed E-state index contributed by atoms with van der Waals surface area (Å²) < 4.78 is 1.96. The number of hydrogen-bond acceptors (Lipinski definition) is 2. The fourth-order valence-corrected chi connectivity index (χ4v) is 3.23. The topological polar surface area (TPSA) is 49.6 Å². The van der Waals surface area contributed by atoms with Gasteiger partial charge < -0.3 is 14.6 Å². The summed E-state index contributed by atoms with van der Waals surface area (Å²) in [6.07, 6.45) is 7.69. The van der Waals surface area contributed by atoms with E-state index in [-0.39, 0.29) is 6.03 Å². The average molecular weight is 320 g/mol. The number of fused-ring (bicyclic) bond motifs is 2. The first-order valence-electron chi connectivity index (χ1n) is 8.31. The van der Waals surface area contributed by atoms with Crippen molar-refractivity contribution < 1.29 is 4.79 Å². The van der Waals surface area contributed by atoms with Crippen molar-refractivity contribution in [3.8, 4) is 0 Å². The fourth-order valence-electron chi connectivity index (χ4n) is 3.23. The minimum absolute atomic E-state index is 0.00471. The van der Waals surface area contributed by atoms with Crippen molar-refractivity contribution in [3.63, 3.8) is 0 Å². The molecule has 0 aliphatic carbocycles. The van der Waals surface area contributed by atoms with Crippen molar-refractivity contribution in [2.75, 3.05) is 6.54 Å². The largest absolute Gasteiger partial charge is 0.334 e. The summed E-state index contributed by atoms with van der Waals surface area (Å²) in [4.78, 5) is 18.7. The number of nitrogens with zero attached hydrogens (tertiary/aromatic N) is 3. The van der Waals surface area contributed by atoms with Crippen LogP contribution in [0.5, 0.6) is 0 Å². The Hall–Kier alpha value is -2.82. The smallest absolute Gasteiger partial charge is 0.317 e. The van der Waals surface area contributed by atoms with Gasteiger partial charge in [-0.15, -0.1) is 0 Å². The quantitative estimate of drug-likeness (QED) is 0.789. The van der Waals surface area contributed by atoms with Gasteiger partial charge in [0.15, 0.2) is 0 Å². The maximum absolute atomic E-state index is 12.5. The molecule has 2 aromatic heterocycles. The molecule has 0 saturated heterocycles. The van der Waals surface area contributed by atoms with E-state index in [4.69, 9.17) is 0 Å². The molecule has 5 heteroatoms. The lowest BCUT2D eigenvalue weighted by molar-refractivity contribution is 0.195. The number of aromatic nitrogens is 2. The highest BCUT2D eigenvalue weighted by molar-refractivity contribution is 5.74. The van der Waals surface area contributed by atoms with Crippen LogP contribution >= 0.6 is 0 Å². The Morgan fingerprint density at radius 3 is 2.96 bits per heavy atom. The molecule has 24 heavy (non-hydrogen) atoms. The van der Waals surface area contributed by atoms with Crippen LogP contribution in [0.2, 0.25) is 0 Å². The lowest BCUT2D eigenvalue weighted by atomic mass is 10.0. The maximum atomic E-state index is 12.5. The third kappa shape index (κ3) is 2.97. The first kappa shape index (κ1) is 14.8. The molecule has 0 atom stereocenters. The number of amides is 2. The van der Waals surface area contributed by atoms with Crippen molar-refractivity contribution in [2.24, 2.45) is 0 Å². The second-order valence-electron chi connectivity index (χ2n) is 6.18. The van der Waals surface area contributed by atoms with E-state index in [9.17, 15) is 4.79 Å². The zero-order valence-electron chi connectivity index (χ0n) is 13.5. The van der Waals surface area contributed by atoms with E-state index in [2.05, 4.69) is 28.5 Å². The van der Waals surface area contributed by atoms with Gasteiger partial charge in [0.2, 0.25) is 0 Å². The molecule has 2 amide bonds.